The first-order valence-electron chi connectivity index (χ1n) is 6.24. The average Bonchev–Trinajstić information content (AvgIpc) is 2.82. The summed E-state index contributed by atoms with van der Waals surface area (Å²) in [5.41, 5.74) is 0. The van der Waals surface area contributed by atoms with Gasteiger partial charge in [0.2, 0.25) is 0 Å². The van der Waals surface area contributed by atoms with E-state index in [2.05, 4.69) is 5.32 Å². The van der Waals surface area contributed by atoms with Crippen molar-refractivity contribution in [3.05, 3.63) is 0 Å². The van der Waals surface area contributed by atoms with E-state index in [0.717, 1.165) is 0 Å². The minimum Gasteiger partial charge on any atom is -0.357 e. The Kier molecular flexibility index (Phi) is 3.06. The predicted octanol–water partition coefficient (Wildman–Crippen LogP) is -1.22. The second kappa shape index (κ2) is 4.29. The van der Waals surface area contributed by atoms with Gasteiger partial charge in [0.25, 0.3) is 0 Å². The maximum absolute atomic E-state index is 11.6. The van der Waals surface area contributed by atoms with Crippen LogP contribution < -0.4 is 5.32 Å². The molecular formula is C10H16N2O4S3. The first-order valence-corrected chi connectivity index (χ1v) is 10.3. The van der Waals surface area contributed by atoms with Crippen molar-refractivity contribution in [2.24, 2.45) is 5.92 Å². The van der Waals surface area contributed by atoms with Crippen LogP contribution in [0.25, 0.3) is 0 Å². The normalized spacial score (nSPS) is 39.3. The van der Waals surface area contributed by atoms with Crippen molar-refractivity contribution in [1.29, 1.82) is 0 Å². The summed E-state index contributed by atoms with van der Waals surface area (Å²) in [4.78, 5) is 1.88. The molecule has 0 aromatic rings. The Bertz CT molecular complexity index is 613. The minimum absolute atomic E-state index is 0.0619. The van der Waals surface area contributed by atoms with E-state index in [9.17, 15) is 16.8 Å². The monoisotopic (exact) mass is 324 g/mol. The fourth-order valence-corrected chi connectivity index (χ4v) is 7.31. The van der Waals surface area contributed by atoms with E-state index in [0.29, 0.717) is 18.1 Å². The molecule has 0 unspecified atom stereocenters. The van der Waals surface area contributed by atoms with Crippen LogP contribution >= 0.6 is 12.2 Å². The van der Waals surface area contributed by atoms with Gasteiger partial charge in [0.05, 0.1) is 35.1 Å². The third-order valence-corrected chi connectivity index (χ3v) is 7.98. The van der Waals surface area contributed by atoms with Crippen LogP contribution in [-0.2, 0) is 19.7 Å². The van der Waals surface area contributed by atoms with Gasteiger partial charge in [-0.1, -0.05) is 0 Å². The summed E-state index contributed by atoms with van der Waals surface area (Å²) in [5.74, 6) is 0.724. The fourth-order valence-electron chi connectivity index (χ4n) is 3.18. The molecule has 6 nitrogen and oxygen atoms in total. The van der Waals surface area contributed by atoms with Crippen LogP contribution in [0.2, 0.25) is 0 Å². The van der Waals surface area contributed by atoms with Crippen LogP contribution in [0.15, 0.2) is 0 Å². The van der Waals surface area contributed by atoms with Gasteiger partial charge >= 0.3 is 0 Å². The van der Waals surface area contributed by atoms with E-state index >= 15 is 0 Å². The van der Waals surface area contributed by atoms with Crippen molar-refractivity contribution in [2.75, 3.05) is 29.6 Å². The lowest BCUT2D eigenvalue weighted by molar-refractivity contribution is 0.311. The number of nitrogens with one attached hydrogen (secondary N) is 1. The summed E-state index contributed by atoms with van der Waals surface area (Å²) >= 11 is 5.23. The van der Waals surface area contributed by atoms with Gasteiger partial charge in [0, 0.05) is 6.54 Å². The largest absolute Gasteiger partial charge is 0.357 e. The van der Waals surface area contributed by atoms with Gasteiger partial charge in [0.15, 0.2) is 24.8 Å². The van der Waals surface area contributed by atoms with Crippen molar-refractivity contribution in [2.45, 2.75) is 18.5 Å². The number of thiocarbonyl (C=S) groups is 1. The molecule has 3 saturated heterocycles. The molecule has 0 radical (unpaired) electrons. The van der Waals surface area contributed by atoms with E-state index < -0.39 is 19.7 Å². The number of hydrogen-bond donors (Lipinski definition) is 1. The van der Waals surface area contributed by atoms with Crippen molar-refractivity contribution < 1.29 is 16.8 Å². The van der Waals surface area contributed by atoms with Crippen molar-refractivity contribution in [3.63, 3.8) is 0 Å². The van der Waals surface area contributed by atoms with E-state index in [1.54, 1.807) is 0 Å². The number of sulfone groups is 2. The standard InChI is InChI=1S/C10H16N2O4S3/c13-18(14)2-1-7(4-18)3-12-9-6-19(15,16)5-8(9)11-10(12)17/h7-9H,1-6H2,(H,11,17)/t7-,8+,9-/m1/s1. The number of nitrogens with zero attached hydrogens (tertiary/aromatic N) is 1. The Balaban J connectivity index is 1.73. The summed E-state index contributed by atoms with van der Waals surface area (Å²) < 4.78 is 46.2. The van der Waals surface area contributed by atoms with Crippen LogP contribution in [0, 0.1) is 5.92 Å². The lowest BCUT2D eigenvalue weighted by Crippen LogP contribution is -2.40. The summed E-state index contributed by atoms with van der Waals surface area (Å²) in [6, 6.07) is -0.253. The lowest BCUT2D eigenvalue weighted by atomic mass is 10.1. The van der Waals surface area contributed by atoms with Gasteiger partial charge in [-0.05, 0) is 24.6 Å². The second-order valence-electron chi connectivity index (χ2n) is 5.62. The molecule has 0 aliphatic carbocycles. The quantitative estimate of drug-likeness (QED) is 0.637. The number of rotatable bonds is 2. The maximum atomic E-state index is 11.6. The SMILES string of the molecule is O=S1(=O)CC[C@H](CN2C(=S)N[C@H]3CS(=O)(=O)C[C@H]32)C1. The van der Waals surface area contributed by atoms with Gasteiger partial charge in [-0.3, -0.25) is 0 Å². The minimum atomic E-state index is -3.00. The fraction of sp³-hybridized carbons (Fsp3) is 0.900. The first kappa shape index (κ1) is 13.6. The van der Waals surface area contributed by atoms with E-state index in [1.807, 2.05) is 4.90 Å². The van der Waals surface area contributed by atoms with Crippen LogP contribution in [0.3, 0.4) is 0 Å². The average molecular weight is 324 g/mol. The highest BCUT2D eigenvalue weighted by Gasteiger charge is 2.47. The molecule has 3 rings (SSSR count). The second-order valence-corrected chi connectivity index (χ2v) is 10.4. The van der Waals surface area contributed by atoms with Gasteiger partial charge < -0.3 is 10.2 Å². The molecule has 19 heavy (non-hydrogen) atoms. The topological polar surface area (TPSA) is 83.6 Å². The van der Waals surface area contributed by atoms with Crippen LogP contribution in [0.1, 0.15) is 6.42 Å². The first-order chi connectivity index (χ1) is 8.76. The highest BCUT2D eigenvalue weighted by Crippen LogP contribution is 2.27. The molecule has 0 amide bonds. The van der Waals surface area contributed by atoms with Crippen molar-refractivity contribution >= 4 is 37.0 Å². The molecule has 3 heterocycles. The zero-order valence-corrected chi connectivity index (χ0v) is 12.7. The molecule has 3 aliphatic rings. The van der Waals surface area contributed by atoms with Crippen LogP contribution in [0.5, 0.6) is 0 Å². The summed E-state index contributed by atoms with van der Waals surface area (Å²) in [5, 5.41) is 3.61. The van der Waals surface area contributed by atoms with Crippen molar-refractivity contribution in [1.82, 2.24) is 10.2 Å². The molecule has 1 N–H and O–H groups in total. The summed E-state index contributed by atoms with van der Waals surface area (Å²) in [7, 11) is -5.91. The van der Waals surface area contributed by atoms with Gasteiger partial charge in [-0.15, -0.1) is 0 Å². The Morgan fingerprint density at radius 1 is 1.16 bits per heavy atom. The van der Waals surface area contributed by atoms with Crippen LogP contribution in [0.4, 0.5) is 0 Å². The van der Waals surface area contributed by atoms with Gasteiger partial charge in [-0.2, -0.15) is 0 Å². The number of fused-ring (bicyclic) bond motifs is 1. The molecule has 9 heteroatoms. The zero-order chi connectivity index (χ0) is 13.8. The molecule has 0 aromatic carbocycles. The smallest absolute Gasteiger partial charge is 0.169 e. The molecular weight excluding hydrogens is 308 g/mol. The Morgan fingerprint density at radius 2 is 1.89 bits per heavy atom. The number of hydrogen-bond acceptors (Lipinski definition) is 5. The summed E-state index contributed by atoms with van der Waals surface area (Å²) in [6.45, 7) is 0.543. The Labute approximate surface area is 118 Å². The Morgan fingerprint density at radius 3 is 2.53 bits per heavy atom. The third kappa shape index (κ3) is 2.59. The van der Waals surface area contributed by atoms with Crippen LogP contribution in [-0.4, -0.2) is 68.5 Å². The molecule has 0 spiro atoms. The molecule has 3 fully saturated rings. The van der Waals surface area contributed by atoms with E-state index in [1.165, 1.54) is 0 Å². The predicted molar refractivity (Wildman–Crippen MR) is 75.4 cm³/mol. The highest BCUT2D eigenvalue weighted by molar-refractivity contribution is 7.92. The molecule has 3 atom stereocenters. The van der Waals surface area contributed by atoms with Crippen molar-refractivity contribution in [3.8, 4) is 0 Å². The van der Waals surface area contributed by atoms with E-state index in [4.69, 9.17) is 12.2 Å². The molecule has 0 bridgehead atoms. The zero-order valence-electron chi connectivity index (χ0n) is 10.3. The summed E-state index contributed by atoms with van der Waals surface area (Å²) in [6.07, 6.45) is 0.644. The molecule has 0 saturated carbocycles. The molecule has 108 valence electrons. The highest BCUT2D eigenvalue weighted by atomic mass is 32.2. The van der Waals surface area contributed by atoms with Gasteiger partial charge in [0.1, 0.15) is 0 Å². The molecule has 3 aliphatic heterocycles. The lowest BCUT2D eigenvalue weighted by Gasteiger charge is -2.25. The maximum Gasteiger partial charge on any atom is 0.169 e. The third-order valence-electron chi connectivity index (χ3n) is 4.07. The Hall–Kier alpha value is -0.410. The van der Waals surface area contributed by atoms with Gasteiger partial charge in [-0.25, -0.2) is 16.8 Å². The van der Waals surface area contributed by atoms with E-state index in [-0.39, 0.29) is 41.0 Å². The molecule has 0 aromatic heterocycles.